The number of nitrogens with zero attached hydrogens (tertiary/aromatic N) is 1. The summed E-state index contributed by atoms with van der Waals surface area (Å²) in [5.74, 6) is 0.313. The zero-order valence-electron chi connectivity index (χ0n) is 12.6. The standard InChI is InChI=1S/C18H16ClN3O/c19-16-15-10-3-4-11-22(15)17(21-16)18(23)20-14-9-5-7-12-6-1-2-8-13(12)14/h1-4,6,8,10-11,14H,5,7,9H2,(H,20,23)/p+1/t14-/m0/s1. The van der Waals surface area contributed by atoms with Crippen LogP contribution in [0.4, 0.5) is 0 Å². The monoisotopic (exact) mass is 326 g/mol. The second-order valence-electron chi connectivity index (χ2n) is 5.86. The van der Waals surface area contributed by atoms with Gasteiger partial charge in [0.15, 0.2) is 5.52 Å². The molecule has 116 valence electrons. The average Bonchev–Trinajstić information content (AvgIpc) is 2.93. The Kier molecular flexibility index (Phi) is 3.54. The smallest absolute Gasteiger partial charge is 0.339 e. The Morgan fingerprint density at radius 2 is 2.04 bits per heavy atom. The van der Waals surface area contributed by atoms with Gasteiger partial charge in [-0.3, -0.25) is 4.79 Å². The molecule has 0 saturated carbocycles. The van der Waals surface area contributed by atoms with Gasteiger partial charge in [-0.25, -0.2) is 4.98 Å². The van der Waals surface area contributed by atoms with Gasteiger partial charge in [-0.15, -0.1) is 0 Å². The number of aromatic nitrogens is 2. The van der Waals surface area contributed by atoms with Gasteiger partial charge in [0.25, 0.3) is 0 Å². The van der Waals surface area contributed by atoms with Gasteiger partial charge in [-0.1, -0.05) is 30.3 Å². The first-order valence-corrected chi connectivity index (χ1v) is 8.18. The number of aromatic amines is 1. The van der Waals surface area contributed by atoms with E-state index in [2.05, 4.69) is 28.5 Å². The zero-order chi connectivity index (χ0) is 15.8. The summed E-state index contributed by atoms with van der Waals surface area (Å²) in [6.07, 6.45) is 4.96. The van der Waals surface area contributed by atoms with Crippen LogP contribution in [-0.2, 0) is 6.42 Å². The number of rotatable bonds is 2. The highest BCUT2D eigenvalue weighted by Crippen LogP contribution is 2.29. The molecule has 1 amide bonds. The molecule has 1 aromatic carbocycles. The third kappa shape index (κ3) is 2.49. The number of fused-ring (bicyclic) bond motifs is 2. The van der Waals surface area contributed by atoms with Crippen molar-refractivity contribution in [1.29, 1.82) is 0 Å². The van der Waals surface area contributed by atoms with Gasteiger partial charge in [0.05, 0.1) is 12.2 Å². The number of pyridine rings is 1. The highest BCUT2D eigenvalue weighted by atomic mass is 35.5. The molecule has 0 saturated heterocycles. The maximum Gasteiger partial charge on any atom is 0.352 e. The van der Waals surface area contributed by atoms with Crippen LogP contribution in [0.25, 0.3) is 5.52 Å². The van der Waals surface area contributed by atoms with Crippen LogP contribution in [0.5, 0.6) is 0 Å². The molecule has 4 rings (SSSR count). The largest absolute Gasteiger partial charge is 0.352 e. The molecule has 0 radical (unpaired) electrons. The molecule has 0 aliphatic heterocycles. The fourth-order valence-electron chi connectivity index (χ4n) is 3.34. The van der Waals surface area contributed by atoms with E-state index < -0.39 is 0 Å². The summed E-state index contributed by atoms with van der Waals surface area (Å²) >= 11 is 6.19. The van der Waals surface area contributed by atoms with Gasteiger partial charge in [0.1, 0.15) is 0 Å². The van der Waals surface area contributed by atoms with Crippen LogP contribution < -0.4 is 9.72 Å². The van der Waals surface area contributed by atoms with E-state index in [0.717, 1.165) is 24.8 Å². The number of nitrogens with one attached hydrogen (secondary N) is 2. The lowest BCUT2D eigenvalue weighted by atomic mass is 9.88. The van der Waals surface area contributed by atoms with Crippen molar-refractivity contribution >= 4 is 23.0 Å². The van der Waals surface area contributed by atoms with Crippen LogP contribution in [0.3, 0.4) is 0 Å². The minimum Gasteiger partial charge on any atom is -0.339 e. The highest BCUT2D eigenvalue weighted by molar-refractivity contribution is 6.32. The van der Waals surface area contributed by atoms with Crippen molar-refractivity contribution < 1.29 is 9.20 Å². The van der Waals surface area contributed by atoms with Crippen molar-refractivity contribution in [2.75, 3.05) is 0 Å². The van der Waals surface area contributed by atoms with Crippen LogP contribution in [-0.4, -0.2) is 10.9 Å². The van der Waals surface area contributed by atoms with Gasteiger partial charge in [-0.05, 0) is 54.1 Å². The molecule has 0 fully saturated rings. The summed E-state index contributed by atoms with van der Waals surface area (Å²) < 4.78 is 1.78. The summed E-state index contributed by atoms with van der Waals surface area (Å²) in [5, 5.41) is 3.62. The lowest BCUT2D eigenvalue weighted by Gasteiger charge is -2.25. The van der Waals surface area contributed by atoms with E-state index >= 15 is 0 Å². The Morgan fingerprint density at radius 1 is 1.22 bits per heavy atom. The molecule has 5 heteroatoms. The number of carbonyl (C=O) groups excluding carboxylic acids is 1. The lowest BCUT2D eigenvalue weighted by Crippen LogP contribution is -2.37. The topological polar surface area (TPSA) is 49.0 Å². The van der Waals surface area contributed by atoms with E-state index in [0.29, 0.717) is 11.0 Å². The third-order valence-electron chi connectivity index (χ3n) is 4.44. The van der Waals surface area contributed by atoms with Crippen LogP contribution in [0.1, 0.15) is 40.6 Å². The average molecular weight is 327 g/mol. The normalized spacial score (nSPS) is 17.0. The van der Waals surface area contributed by atoms with Crippen LogP contribution in [0, 0.1) is 0 Å². The molecule has 1 aliphatic rings. The van der Waals surface area contributed by atoms with Crippen molar-refractivity contribution in [3.63, 3.8) is 0 Å². The Labute approximate surface area is 139 Å². The Hall–Kier alpha value is -2.33. The minimum atomic E-state index is -0.139. The van der Waals surface area contributed by atoms with Crippen molar-refractivity contribution in [2.45, 2.75) is 25.3 Å². The number of halogens is 1. The SMILES string of the molecule is O=C(N[C@H]1CCCc2ccccc21)c1[nH]c(Cl)c2cccc[n+]12. The fraction of sp³-hybridized carbons (Fsp3) is 0.222. The van der Waals surface area contributed by atoms with Crippen LogP contribution >= 0.6 is 11.6 Å². The summed E-state index contributed by atoms with van der Waals surface area (Å²) in [5.41, 5.74) is 3.34. The lowest BCUT2D eigenvalue weighted by molar-refractivity contribution is -0.514. The molecular formula is C18H17ClN3O+. The molecule has 1 aliphatic carbocycles. The summed E-state index contributed by atoms with van der Waals surface area (Å²) in [4.78, 5) is 15.7. The number of benzene rings is 1. The van der Waals surface area contributed by atoms with Crippen molar-refractivity contribution in [1.82, 2.24) is 10.3 Å². The first-order valence-electron chi connectivity index (χ1n) is 7.80. The third-order valence-corrected chi connectivity index (χ3v) is 4.73. The van der Waals surface area contributed by atoms with Gasteiger partial charge in [0, 0.05) is 0 Å². The Morgan fingerprint density at radius 3 is 2.96 bits per heavy atom. The van der Waals surface area contributed by atoms with E-state index in [4.69, 9.17) is 11.6 Å². The Bertz CT molecular complexity index is 887. The molecule has 1 atom stereocenters. The molecule has 23 heavy (non-hydrogen) atoms. The van der Waals surface area contributed by atoms with Gasteiger partial charge in [0.2, 0.25) is 5.15 Å². The van der Waals surface area contributed by atoms with E-state index in [1.807, 2.05) is 30.5 Å². The van der Waals surface area contributed by atoms with Gasteiger partial charge < -0.3 is 5.32 Å². The van der Waals surface area contributed by atoms with Gasteiger partial charge >= 0.3 is 11.7 Å². The number of imidazole rings is 1. The first-order chi connectivity index (χ1) is 11.2. The highest BCUT2D eigenvalue weighted by Gasteiger charge is 2.28. The van der Waals surface area contributed by atoms with E-state index in [1.165, 1.54) is 11.1 Å². The maximum atomic E-state index is 12.7. The van der Waals surface area contributed by atoms with E-state index in [1.54, 1.807) is 4.40 Å². The molecular weight excluding hydrogens is 310 g/mol. The first kappa shape index (κ1) is 14.3. The quantitative estimate of drug-likeness (QED) is 0.698. The zero-order valence-corrected chi connectivity index (χ0v) is 13.3. The molecule has 4 nitrogen and oxygen atoms in total. The van der Waals surface area contributed by atoms with E-state index in [-0.39, 0.29) is 11.9 Å². The van der Waals surface area contributed by atoms with Crippen molar-refractivity contribution in [3.05, 3.63) is 70.8 Å². The number of aryl methyl sites for hydroxylation is 1. The number of H-pyrrole nitrogens is 1. The molecule has 2 N–H and O–H groups in total. The predicted octanol–water partition coefficient (Wildman–Crippen LogP) is 3.21. The molecule has 0 bridgehead atoms. The van der Waals surface area contributed by atoms with Crippen LogP contribution in [0.15, 0.2) is 48.7 Å². The molecule has 0 spiro atoms. The summed E-state index contributed by atoms with van der Waals surface area (Å²) in [6, 6.07) is 14.0. The predicted molar refractivity (Wildman–Crippen MR) is 88.5 cm³/mol. The molecule has 2 aromatic heterocycles. The second-order valence-corrected chi connectivity index (χ2v) is 6.24. The second kappa shape index (κ2) is 5.70. The number of carbonyl (C=O) groups is 1. The number of hydrogen-bond donors (Lipinski definition) is 2. The summed E-state index contributed by atoms with van der Waals surface area (Å²) in [7, 11) is 0. The Balaban J connectivity index is 1.66. The van der Waals surface area contributed by atoms with Crippen molar-refractivity contribution in [3.8, 4) is 0 Å². The molecule has 2 heterocycles. The molecule has 3 aromatic rings. The van der Waals surface area contributed by atoms with Crippen LogP contribution in [0.2, 0.25) is 5.15 Å². The minimum absolute atomic E-state index is 0.0499. The number of amides is 1. The maximum absolute atomic E-state index is 12.7. The van der Waals surface area contributed by atoms with Gasteiger partial charge in [-0.2, -0.15) is 4.40 Å². The summed E-state index contributed by atoms with van der Waals surface area (Å²) in [6.45, 7) is 0. The fourth-order valence-corrected chi connectivity index (χ4v) is 3.59. The van der Waals surface area contributed by atoms with E-state index in [9.17, 15) is 4.79 Å². The van der Waals surface area contributed by atoms with Crippen molar-refractivity contribution in [2.24, 2.45) is 0 Å². The molecule has 0 unspecified atom stereocenters. The number of hydrogen-bond acceptors (Lipinski definition) is 1.